The Morgan fingerprint density at radius 2 is 0.470 bits per heavy atom. The zero-order chi connectivity index (χ0) is 59.9. The molecular weight excluding hydrogens is 1020 g/mol. The molecule has 0 radical (unpaired) electrons. The topological polar surface area (TPSA) is 78.9 Å². The smallest absolute Gasteiger partial charge is 0.306 e. The van der Waals surface area contributed by atoms with Gasteiger partial charge < -0.3 is 14.2 Å². The lowest BCUT2D eigenvalue weighted by atomic mass is 10.1. The van der Waals surface area contributed by atoms with Gasteiger partial charge in [-0.05, 0) is 161 Å². The maximum atomic E-state index is 12.9. The molecule has 6 nitrogen and oxygen atoms in total. The first-order valence-corrected chi connectivity index (χ1v) is 33.3. The second kappa shape index (κ2) is 69.0. The van der Waals surface area contributed by atoms with Crippen molar-refractivity contribution >= 4 is 17.9 Å². The van der Waals surface area contributed by atoms with Gasteiger partial charge in [0.05, 0.1) is 0 Å². The van der Waals surface area contributed by atoms with Crippen LogP contribution in [-0.4, -0.2) is 37.2 Å². The van der Waals surface area contributed by atoms with Crippen molar-refractivity contribution in [2.75, 3.05) is 13.2 Å². The molecule has 0 N–H and O–H groups in total. The molecule has 6 heteroatoms. The Hall–Kier alpha value is -5.49. The van der Waals surface area contributed by atoms with E-state index >= 15 is 0 Å². The Labute approximate surface area is 510 Å². The van der Waals surface area contributed by atoms with Crippen molar-refractivity contribution in [2.24, 2.45) is 0 Å². The summed E-state index contributed by atoms with van der Waals surface area (Å²) in [6.07, 6.45) is 103. The molecule has 0 heterocycles. The Balaban J connectivity index is 4.50. The molecule has 464 valence electrons. The van der Waals surface area contributed by atoms with Crippen molar-refractivity contribution in [3.05, 3.63) is 182 Å². The highest BCUT2D eigenvalue weighted by atomic mass is 16.6. The summed E-state index contributed by atoms with van der Waals surface area (Å²) in [6.45, 7) is 6.32. The Bertz CT molecular complexity index is 1940. The minimum atomic E-state index is -0.826. The molecule has 0 spiro atoms. The predicted molar refractivity (Wildman–Crippen MR) is 361 cm³/mol. The zero-order valence-corrected chi connectivity index (χ0v) is 53.1. The molecule has 83 heavy (non-hydrogen) atoms. The summed E-state index contributed by atoms with van der Waals surface area (Å²) in [4.78, 5) is 38.4. The van der Waals surface area contributed by atoms with E-state index in [4.69, 9.17) is 14.2 Å². The monoisotopic (exact) mass is 1140 g/mol. The lowest BCUT2D eigenvalue weighted by Gasteiger charge is -2.18. The van der Waals surface area contributed by atoms with E-state index in [2.05, 4.69) is 203 Å². The van der Waals surface area contributed by atoms with Crippen LogP contribution in [0.2, 0.25) is 0 Å². The van der Waals surface area contributed by atoms with E-state index in [1.807, 2.05) is 0 Å². The molecule has 0 aromatic rings. The van der Waals surface area contributed by atoms with Crippen molar-refractivity contribution in [3.63, 3.8) is 0 Å². The quantitative estimate of drug-likeness (QED) is 0.0261. The zero-order valence-electron chi connectivity index (χ0n) is 53.1. The maximum Gasteiger partial charge on any atom is 0.306 e. The summed E-state index contributed by atoms with van der Waals surface area (Å²) in [6, 6.07) is 0. The number of unbranched alkanes of at least 4 members (excludes halogenated alkanes) is 17. The highest BCUT2D eigenvalue weighted by Crippen LogP contribution is 2.13. The number of ether oxygens (including phenoxy) is 3. The number of allylic oxidation sites excluding steroid dienone is 30. The number of hydrogen-bond donors (Lipinski definition) is 0. The van der Waals surface area contributed by atoms with Crippen molar-refractivity contribution in [1.29, 1.82) is 0 Å². The molecule has 1 unspecified atom stereocenters. The highest BCUT2D eigenvalue weighted by molar-refractivity contribution is 5.71. The van der Waals surface area contributed by atoms with Crippen LogP contribution in [0.5, 0.6) is 0 Å². The van der Waals surface area contributed by atoms with Crippen LogP contribution >= 0.6 is 0 Å². The average molecular weight is 1140 g/mol. The first-order valence-electron chi connectivity index (χ1n) is 33.3. The van der Waals surface area contributed by atoms with E-state index in [1.54, 1.807) is 0 Å². The number of hydrogen-bond acceptors (Lipinski definition) is 6. The van der Waals surface area contributed by atoms with Gasteiger partial charge in [-0.1, -0.05) is 267 Å². The number of esters is 3. The van der Waals surface area contributed by atoms with Crippen molar-refractivity contribution < 1.29 is 28.6 Å². The molecule has 0 aliphatic heterocycles. The van der Waals surface area contributed by atoms with E-state index in [0.29, 0.717) is 12.8 Å². The van der Waals surface area contributed by atoms with E-state index in [9.17, 15) is 14.4 Å². The third kappa shape index (κ3) is 67.2. The SMILES string of the molecule is CC/C=C\C/C=C\C/C=C\C/C=C\C/C=C\C/C=C\C/C=C\C/C=C\CCCCCCC(=O)OCC(COC(=O)CCCC/C=C\C/C=C\C/C=C\C/C=C\CC)OC(=O)CCCCCCCC/C=C\C/C=C\C/C=C\CCCCCCC. The van der Waals surface area contributed by atoms with E-state index in [1.165, 1.54) is 51.4 Å². The molecule has 0 saturated carbocycles. The fourth-order valence-corrected chi connectivity index (χ4v) is 8.46. The molecule has 0 fully saturated rings. The lowest BCUT2D eigenvalue weighted by molar-refractivity contribution is -0.167. The van der Waals surface area contributed by atoms with Gasteiger partial charge in [-0.3, -0.25) is 14.4 Å². The van der Waals surface area contributed by atoms with Gasteiger partial charge in [-0.25, -0.2) is 0 Å². The summed E-state index contributed by atoms with van der Waals surface area (Å²) in [5, 5.41) is 0. The van der Waals surface area contributed by atoms with Gasteiger partial charge in [0, 0.05) is 19.3 Å². The van der Waals surface area contributed by atoms with Crippen LogP contribution in [0.1, 0.15) is 265 Å². The minimum Gasteiger partial charge on any atom is -0.462 e. The summed E-state index contributed by atoms with van der Waals surface area (Å²) in [5.74, 6) is -1.00. The van der Waals surface area contributed by atoms with E-state index in [-0.39, 0.29) is 44.0 Å². The number of rotatable bonds is 58. The second-order valence-electron chi connectivity index (χ2n) is 21.3. The van der Waals surface area contributed by atoms with E-state index in [0.717, 1.165) is 167 Å². The van der Waals surface area contributed by atoms with Gasteiger partial charge in [-0.2, -0.15) is 0 Å². The third-order valence-electron chi connectivity index (χ3n) is 13.4. The van der Waals surface area contributed by atoms with Gasteiger partial charge in [0.25, 0.3) is 0 Å². The van der Waals surface area contributed by atoms with Crippen LogP contribution in [0.15, 0.2) is 182 Å². The fraction of sp³-hybridized carbons (Fsp3) is 0.571. The standard InChI is InChI=1S/C77H120O6/c1-4-7-10-13-16-19-22-25-28-30-32-34-35-36-37-38-39-40-41-43-44-46-49-52-55-58-61-64-67-70-76(79)82-73-74(72-81-75(78)69-66-63-60-57-54-51-48-27-24-21-18-15-12-9-6-3)83-77(80)71-68-65-62-59-56-53-50-47-45-42-33-31-29-26-23-20-17-14-11-8-5-2/h7,9-10,12,16,18-19,21,23,25-28,31-34,36-37,39-40,43-45,47-49,52,54,57,74H,4-6,8,11,13-15,17,20,22,24,29-30,35,38,41-42,46,50-51,53,55-56,58-73H2,1-3H3/b10-7-,12-9-,19-16-,21-18-,26-23-,28-25-,33-31-,34-32-,37-36-,40-39-,44-43-,47-45-,48-27-,52-49-,57-54-. The largest absolute Gasteiger partial charge is 0.462 e. The van der Waals surface area contributed by atoms with Gasteiger partial charge >= 0.3 is 17.9 Å². The second-order valence-corrected chi connectivity index (χ2v) is 21.3. The average Bonchev–Trinajstić information content (AvgIpc) is 3.49. The predicted octanol–water partition coefficient (Wildman–Crippen LogP) is 23.2. The molecule has 0 amide bonds. The Morgan fingerprint density at radius 1 is 0.253 bits per heavy atom. The van der Waals surface area contributed by atoms with Gasteiger partial charge in [-0.15, -0.1) is 0 Å². The molecule has 0 aliphatic carbocycles. The van der Waals surface area contributed by atoms with Crippen molar-refractivity contribution in [2.45, 2.75) is 271 Å². The molecule has 0 aliphatic rings. The molecule has 0 bridgehead atoms. The lowest BCUT2D eigenvalue weighted by Crippen LogP contribution is -2.30. The van der Waals surface area contributed by atoms with Crippen molar-refractivity contribution in [3.8, 4) is 0 Å². The minimum absolute atomic E-state index is 0.119. The van der Waals surface area contributed by atoms with Gasteiger partial charge in [0.1, 0.15) is 13.2 Å². The van der Waals surface area contributed by atoms with Gasteiger partial charge in [0.15, 0.2) is 6.10 Å². The van der Waals surface area contributed by atoms with Crippen LogP contribution in [0.3, 0.4) is 0 Å². The van der Waals surface area contributed by atoms with Crippen molar-refractivity contribution in [1.82, 2.24) is 0 Å². The number of carbonyl (C=O) groups excluding carboxylic acids is 3. The van der Waals surface area contributed by atoms with Crippen LogP contribution < -0.4 is 0 Å². The van der Waals surface area contributed by atoms with Crippen LogP contribution in [0.25, 0.3) is 0 Å². The Kier molecular flexibility index (Phi) is 64.4. The summed E-state index contributed by atoms with van der Waals surface area (Å²) < 4.78 is 16.9. The van der Waals surface area contributed by atoms with Crippen LogP contribution in [-0.2, 0) is 28.6 Å². The normalized spacial score (nSPS) is 13.3. The maximum absolute atomic E-state index is 12.9. The summed E-state index contributed by atoms with van der Waals surface area (Å²) in [5.41, 5.74) is 0. The first kappa shape index (κ1) is 77.5. The summed E-state index contributed by atoms with van der Waals surface area (Å²) in [7, 11) is 0. The molecule has 0 aromatic heterocycles. The van der Waals surface area contributed by atoms with Crippen LogP contribution in [0.4, 0.5) is 0 Å². The highest BCUT2D eigenvalue weighted by Gasteiger charge is 2.19. The molecule has 1 atom stereocenters. The fourth-order valence-electron chi connectivity index (χ4n) is 8.46. The summed E-state index contributed by atoms with van der Waals surface area (Å²) >= 11 is 0. The number of carbonyl (C=O) groups is 3. The third-order valence-corrected chi connectivity index (χ3v) is 13.4. The van der Waals surface area contributed by atoms with Crippen LogP contribution in [0, 0.1) is 0 Å². The van der Waals surface area contributed by atoms with E-state index < -0.39 is 6.10 Å². The molecule has 0 rings (SSSR count). The Morgan fingerprint density at radius 3 is 0.759 bits per heavy atom. The molecule has 0 aromatic carbocycles. The van der Waals surface area contributed by atoms with Gasteiger partial charge in [0.2, 0.25) is 0 Å². The first-order chi connectivity index (χ1) is 41.0. The molecule has 0 saturated heterocycles. The molecular formula is C77H120O6.